The lowest BCUT2D eigenvalue weighted by Gasteiger charge is -2.03. The molecule has 60 valence electrons. The van der Waals surface area contributed by atoms with Crippen LogP contribution in [0.4, 0.5) is 5.82 Å². The number of hydrogen-bond acceptors (Lipinski definition) is 3. The summed E-state index contributed by atoms with van der Waals surface area (Å²) < 4.78 is 1.86. The van der Waals surface area contributed by atoms with Gasteiger partial charge < -0.3 is 15.6 Å². The zero-order valence-electron chi connectivity index (χ0n) is 6.54. The molecule has 3 N–H and O–H groups in total. The zero-order valence-corrected chi connectivity index (χ0v) is 6.54. The average molecular weight is 152 g/mol. The summed E-state index contributed by atoms with van der Waals surface area (Å²) in [6, 6.07) is 0. The van der Waals surface area contributed by atoms with Crippen LogP contribution in [-0.2, 0) is 7.05 Å². The minimum Gasteiger partial charge on any atom is -0.357 e. The monoisotopic (exact) mass is 152 g/mol. The van der Waals surface area contributed by atoms with Gasteiger partial charge in [-0.15, -0.1) is 0 Å². The first-order valence-electron chi connectivity index (χ1n) is 3.37. The smallest absolute Gasteiger partial charge is 0.134 e. The molecular weight excluding hydrogens is 140 g/mol. The summed E-state index contributed by atoms with van der Waals surface area (Å²) in [5.74, 6) is 0.905. The molecule has 0 spiro atoms. The van der Waals surface area contributed by atoms with E-state index in [1.807, 2.05) is 11.6 Å². The van der Waals surface area contributed by atoms with Crippen LogP contribution in [0, 0.1) is 0 Å². The van der Waals surface area contributed by atoms with Gasteiger partial charge >= 0.3 is 0 Å². The molecule has 4 nitrogen and oxygen atoms in total. The molecule has 0 aliphatic rings. The van der Waals surface area contributed by atoms with Crippen molar-refractivity contribution in [2.75, 3.05) is 12.0 Å². The minimum absolute atomic E-state index is 0.403. The number of nitrogens with one attached hydrogen (secondary N) is 1. The van der Waals surface area contributed by atoms with Crippen LogP contribution in [-0.4, -0.2) is 16.2 Å². The second kappa shape index (κ2) is 3.21. The van der Waals surface area contributed by atoms with Crippen LogP contribution < -0.4 is 11.1 Å². The summed E-state index contributed by atoms with van der Waals surface area (Å²) >= 11 is 0. The average Bonchev–Trinajstić information content (AvgIpc) is 2.34. The molecule has 0 fully saturated rings. The molecule has 0 aromatic carbocycles. The maximum atomic E-state index is 5.33. The Bertz CT molecular complexity index is 251. The van der Waals surface area contributed by atoms with Crippen LogP contribution in [0.5, 0.6) is 0 Å². The molecule has 4 heteroatoms. The van der Waals surface area contributed by atoms with Crippen molar-refractivity contribution in [3.63, 3.8) is 0 Å². The van der Waals surface area contributed by atoms with Crippen LogP contribution in [0.3, 0.4) is 0 Å². The van der Waals surface area contributed by atoms with Gasteiger partial charge in [0.15, 0.2) is 0 Å². The summed E-state index contributed by atoms with van der Waals surface area (Å²) in [6.45, 7) is 4.03. The molecule has 0 atom stereocenters. The van der Waals surface area contributed by atoms with Gasteiger partial charge in [0.1, 0.15) is 11.5 Å². The molecule has 0 bridgehead atoms. The molecule has 1 aromatic heterocycles. The van der Waals surface area contributed by atoms with Crippen molar-refractivity contribution in [3.05, 3.63) is 18.6 Å². The Labute approximate surface area is 65.7 Å². The highest BCUT2D eigenvalue weighted by Gasteiger charge is 2.02. The van der Waals surface area contributed by atoms with Gasteiger partial charge in [-0.3, -0.25) is 0 Å². The molecule has 0 radical (unpaired) electrons. The second-order valence-corrected chi connectivity index (χ2v) is 2.17. The number of hydrogen-bond donors (Lipinski definition) is 2. The second-order valence-electron chi connectivity index (χ2n) is 2.17. The van der Waals surface area contributed by atoms with Gasteiger partial charge in [0.25, 0.3) is 0 Å². The molecule has 1 aromatic rings. The van der Waals surface area contributed by atoms with E-state index in [4.69, 9.17) is 5.73 Å². The summed E-state index contributed by atoms with van der Waals surface area (Å²) in [4.78, 5) is 4.08. The fourth-order valence-corrected chi connectivity index (χ4v) is 0.910. The summed E-state index contributed by atoms with van der Waals surface area (Å²) in [6.07, 6.45) is 3.41. The lowest BCUT2D eigenvalue weighted by Crippen LogP contribution is -2.13. The Kier molecular flexibility index (Phi) is 2.28. The Morgan fingerprint density at radius 3 is 3.18 bits per heavy atom. The van der Waals surface area contributed by atoms with E-state index in [2.05, 4.69) is 16.9 Å². The topological polar surface area (TPSA) is 55.9 Å². The predicted octanol–water partition coefficient (Wildman–Crippen LogP) is 0.391. The van der Waals surface area contributed by atoms with Crippen molar-refractivity contribution < 1.29 is 0 Å². The van der Waals surface area contributed by atoms with Crippen molar-refractivity contribution in [1.82, 2.24) is 9.55 Å². The maximum absolute atomic E-state index is 5.33. The van der Waals surface area contributed by atoms with Crippen LogP contribution in [0.2, 0.25) is 0 Å². The maximum Gasteiger partial charge on any atom is 0.134 e. The van der Waals surface area contributed by atoms with Crippen molar-refractivity contribution in [3.8, 4) is 0 Å². The Morgan fingerprint density at radius 2 is 2.64 bits per heavy atom. The largest absolute Gasteiger partial charge is 0.357 e. The first kappa shape index (κ1) is 7.81. The zero-order chi connectivity index (χ0) is 8.27. The lowest BCUT2D eigenvalue weighted by atomic mass is 10.4. The predicted molar refractivity (Wildman–Crippen MR) is 46.0 cm³/mol. The number of aryl methyl sites for hydroxylation is 1. The highest BCUT2D eigenvalue weighted by molar-refractivity contribution is 5.58. The molecule has 1 heterocycles. The minimum atomic E-state index is 0.403. The summed E-state index contributed by atoms with van der Waals surface area (Å²) in [7, 11) is 1.90. The van der Waals surface area contributed by atoms with E-state index < -0.39 is 0 Å². The van der Waals surface area contributed by atoms with Crippen molar-refractivity contribution >= 4 is 11.9 Å². The van der Waals surface area contributed by atoms with Crippen LogP contribution in [0.1, 0.15) is 5.69 Å². The lowest BCUT2D eigenvalue weighted by molar-refractivity contribution is 0.905. The van der Waals surface area contributed by atoms with E-state index in [0.717, 1.165) is 11.5 Å². The summed E-state index contributed by atoms with van der Waals surface area (Å²) in [5, 5.41) is 2.98. The van der Waals surface area contributed by atoms with E-state index in [0.29, 0.717) is 6.67 Å². The molecule has 0 unspecified atom stereocenters. The van der Waals surface area contributed by atoms with E-state index in [1.165, 1.54) is 0 Å². The van der Waals surface area contributed by atoms with Gasteiger partial charge in [-0.2, -0.15) is 0 Å². The van der Waals surface area contributed by atoms with Crippen molar-refractivity contribution in [1.29, 1.82) is 0 Å². The first-order valence-corrected chi connectivity index (χ1v) is 3.37. The Balaban J connectivity index is 2.97. The number of aromatic nitrogens is 2. The van der Waals surface area contributed by atoms with E-state index in [-0.39, 0.29) is 0 Å². The van der Waals surface area contributed by atoms with Crippen LogP contribution in [0.15, 0.2) is 12.9 Å². The van der Waals surface area contributed by atoms with E-state index in [1.54, 1.807) is 12.4 Å². The molecule has 0 aliphatic carbocycles. The van der Waals surface area contributed by atoms with Gasteiger partial charge in [0, 0.05) is 7.05 Å². The van der Waals surface area contributed by atoms with Crippen LogP contribution in [0.25, 0.3) is 6.08 Å². The Morgan fingerprint density at radius 1 is 1.91 bits per heavy atom. The third-order valence-corrected chi connectivity index (χ3v) is 1.43. The van der Waals surface area contributed by atoms with Gasteiger partial charge in [-0.25, -0.2) is 4.98 Å². The number of rotatable bonds is 3. The van der Waals surface area contributed by atoms with Gasteiger partial charge in [0.2, 0.25) is 0 Å². The van der Waals surface area contributed by atoms with Crippen molar-refractivity contribution in [2.45, 2.75) is 0 Å². The first-order chi connectivity index (χ1) is 5.29. The number of imidazole rings is 1. The summed E-state index contributed by atoms with van der Waals surface area (Å²) in [5.41, 5.74) is 6.16. The normalized spacial score (nSPS) is 9.64. The third-order valence-electron chi connectivity index (χ3n) is 1.43. The molecule has 0 aliphatic heterocycles. The molecule has 1 rings (SSSR count). The van der Waals surface area contributed by atoms with Gasteiger partial charge in [-0.1, -0.05) is 6.58 Å². The highest BCUT2D eigenvalue weighted by atomic mass is 15.2. The van der Waals surface area contributed by atoms with E-state index in [9.17, 15) is 0 Å². The SMILES string of the molecule is C=Cc1ncn(C)c1NCN. The fourth-order valence-electron chi connectivity index (χ4n) is 0.910. The fraction of sp³-hybridized carbons (Fsp3) is 0.286. The van der Waals surface area contributed by atoms with Gasteiger partial charge in [-0.05, 0) is 6.08 Å². The molecule has 0 saturated carbocycles. The standard InChI is InChI=1S/C7H12N4/c1-3-6-7(9-4-8)11(2)5-10-6/h3,5,9H,1,4,8H2,2H3. The molecular formula is C7H12N4. The third kappa shape index (κ3) is 1.40. The number of nitrogens with two attached hydrogens (primary N) is 1. The Hall–Kier alpha value is -1.29. The number of anilines is 1. The van der Waals surface area contributed by atoms with Crippen molar-refractivity contribution in [2.24, 2.45) is 12.8 Å². The van der Waals surface area contributed by atoms with Gasteiger partial charge in [0.05, 0.1) is 13.0 Å². The molecule has 0 saturated heterocycles. The molecule has 0 amide bonds. The number of nitrogens with zero attached hydrogens (tertiary/aromatic N) is 2. The molecule has 11 heavy (non-hydrogen) atoms. The quantitative estimate of drug-likeness (QED) is 0.616. The van der Waals surface area contributed by atoms with Crippen LogP contribution >= 0.6 is 0 Å². The highest BCUT2D eigenvalue weighted by Crippen LogP contribution is 2.12. The van der Waals surface area contributed by atoms with E-state index >= 15 is 0 Å².